The summed E-state index contributed by atoms with van der Waals surface area (Å²) in [5.41, 5.74) is -0.00497. The highest BCUT2D eigenvalue weighted by Crippen LogP contribution is 2.34. The number of nitrogens with zero attached hydrogens (tertiary/aromatic N) is 1. The Bertz CT molecular complexity index is 789. The largest absolute Gasteiger partial charge is 0.466 e. The van der Waals surface area contributed by atoms with Gasteiger partial charge in [0.15, 0.2) is 0 Å². The van der Waals surface area contributed by atoms with Crippen LogP contribution in [-0.4, -0.2) is 28.4 Å². The van der Waals surface area contributed by atoms with Crippen molar-refractivity contribution >= 4 is 17.5 Å². The predicted octanol–water partition coefficient (Wildman–Crippen LogP) is 3.21. The summed E-state index contributed by atoms with van der Waals surface area (Å²) >= 11 is 0. The Morgan fingerprint density at radius 1 is 1.12 bits per heavy atom. The topological polar surface area (TPSA) is 58.6 Å². The summed E-state index contributed by atoms with van der Waals surface area (Å²) < 4.78 is 5.86. The Hall–Kier alpha value is -2.82. The van der Waals surface area contributed by atoms with Crippen LogP contribution in [0, 0.1) is 0 Å². The van der Waals surface area contributed by atoms with Crippen molar-refractivity contribution in [2.24, 2.45) is 0 Å². The molecule has 0 radical (unpaired) electrons. The summed E-state index contributed by atoms with van der Waals surface area (Å²) in [5.74, 6) is -0.297. The van der Waals surface area contributed by atoms with E-state index < -0.39 is 11.5 Å². The van der Waals surface area contributed by atoms with Crippen LogP contribution in [0.4, 0.5) is 5.69 Å². The van der Waals surface area contributed by atoms with Gasteiger partial charge in [-0.3, -0.25) is 9.59 Å². The first kappa shape index (κ1) is 17.0. The van der Waals surface area contributed by atoms with Gasteiger partial charge >= 0.3 is 0 Å². The van der Waals surface area contributed by atoms with E-state index >= 15 is 0 Å². The molecule has 0 saturated heterocycles. The van der Waals surface area contributed by atoms with Crippen LogP contribution in [0.2, 0.25) is 0 Å². The average molecular weight is 338 g/mol. The fourth-order valence-corrected chi connectivity index (χ4v) is 2.85. The molecule has 1 heterocycles. The molecule has 1 unspecified atom stereocenters. The fraction of sp³-hybridized carbons (Fsp3) is 0.300. The summed E-state index contributed by atoms with van der Waals surface area (Å²) in [6.45, 7) is 5.81. The van der Waals surface area contributed by atoms with Crippen molar-refractivity contribution in [1.29, 1.82) is 0 Å². The highest BCUT2D eigenvalue weighted by Gasteiger charge is 2.49. The molecule has 5 nitrogen and oxygen atoms in total. The van der Waals surface area contributed by atoms with Crippen molar-refractivity contribution in [3.05, 3.63) is 60.2 Å². The molecule has 0 aromatic heterocycles. The van der Waals surface area contributed by atoms with Gasteiger partial charge < -0.3 is 15.0 Å². The van der Waals surface area contributed by atoms with E-state index in [1.165, 1.54) is 6.92 Å². The lowest BCUT2D eigenvalue weighted by atomic mass is 9.99. The minimum absolute atomic E-state index is 0.0712. The van der Waals surface area contributed by atoms with E-state index in [1.807, 2.05) is 56.3 Å². The molecular formula is C20H22N2O3. The van der Waals surface area contributed by atoms with Crippen molar-refractivity contribution < 1.29 is 14.3 Å². The van der Waals surface area contributed by atoms with E-state index in [-0.39, 0.29) is 11.9 Å². The first-order chi connectivity index (χ1) is 11.9. The predicted molar refractivity (Wildman–Crippen MR) is 96.2 cm³/mol. The number of nitrogens with one attached hydrogen (secondary N) is 1. The van der Waals surface area contributed by atoms with Crippen LogP contribution in [0.25, 0.3) is 0 Å². The third-order valence-electron chi connectivity index (χ3n) is 4.37. The van der Waals surface area contributed by atoms with Crippen molar-refractivity contribution in [3.8, 4) is 5.75 Å². The summed E-state index contributed by atoms with van der Waals surface area (Å²) in [5, 5.41) is 2.78. The second kappa shape index (κ2) is 6.59. The lowest BCUT2D eigenvalue weighted by molar-refractivity contribution is -0.156. The zero-order chi connectivity index (χ0) is 18.0. The number of anilines is 1. The number of hydrogen-bond acceptors (Lipinski definition) is 3. The van der Waals surface area contributed by atoms with Crippen LogP contribution in [0.15, 0.2) is 54.6 Å². The number of amides is 2. The Morgan fingerprint density at radius 2 is 1.76 bits per heavy atom. The van der Waals surface area contributed by atoms with Gasteiger partial charge in [0.1, 0.15) is 5.75 Å². The highest BCUT2D eigenvalue weighted by molar-refractivity contribution is 6.15. The minimum atomic E-state index is -1.59. The first-order valence-electron chi connectivity index (χ1n) is 8.36. The number of ether oxygens (including phenoxy) is 1. The van der Waals surface area contributed by atoms with Gasteiger partial charge in [-0.1, -0.05) is 42.5 Å². The maximum Gasteiger partial charge on any atom is 0.278 e. The van der Waals surface area contributed by atoms with E-state index in [0.29, 0.717) is 18.0 Å². The number of fused-ring (bicyclic) bond motifs is 1. The van der Waals surface area contributed by atoms with Gasteiger partial charge in [0.25, 0.3) is 17.4 Å². The number of carbonyl (C=O) groups is 2. The van der Waals surface area contributed by atoms with E-state index in [9.17, 15) is 9.59 Å². The van der Waals surface area contributed by atoms with E-state index in [1.54, 1.807) is 17.0 Å². The Morgan fingerprint density at radius 3 is 2.44 bits per heavy atom. The van der Waals surface area contributed by atoms with Crippen LogP contribution in [0.5, 0.6) is 5.75 Å². The quantitative estimate of drug-likeness (QED) is 0.871. The second-order valence-corrected chi connectivity index (χ2v) is 6.60. The van der Waals surface area contributed by atoms with Gasteiger partial charge in [0.2, 0.25) is 0 Å². The average Bonchev–Trinajstić information content (AvgIpc) is 2.60. The summed E-state index contributed by atoms with van der Waals surface area (Å²) in [4.78, 5) is 27.5. The van der Waals surface area contributed by atoms with Gasteiger partial charge in [-0.2, -0.15) is 0 Å². The van der Waals surface area contributed by atoms with Crippen molar-refractivity contribution in [1.82, 2.24) is 4.90 Å². The third-order valence-corrected chi connectivity index (χ3v) is 4.37. The molecule has 1 N–H and O–H groups in total. The lowest BCUT2D eigenvalue weighted by Gasteiger charge is -2.38. The Labute approximate surface area is 147 Å². The number of benzene rings is 2. The zero-order valence-electron chi connectivity index (χ0n) is 14.7. The number of rotatable bonds is 4. The highest BCUT2D eigenvalue weighted by atomic mass is 16.5. The molecule has 0 saturated carbocycles. The summed E-state index contributed by atoms with van der Waals surface area (Å²) in [6.07, 6.45) is 0. The molecule has 2 aromatic rings. The monoisotopic (exact) mass is 338 g/mol. The van der Waals surface area contributed by atoms with Crippen molar-refractivity contribution in [2.75, 3.05) is 5.32 Å². The summed E-state index contributed by atoms with van der Waals surface area (Å²) in [7, 11) is 0. The molecule has 2 aromatic carbocycles. The molecular weight excluding hydrogens is 316 g/mol. The molecule has 0 fully saturated rings. The Balaban J connectivity index is 1.90. The molecule has 0 bridgehead atoms. The van der Waals surface area contributed by atoms with Crippen LogP contribution >= 0.6 is 0 Å². The molecule has 2 amide bonds. The van der Waals surface area contributed by atoms with E-state index in [4.69, 9.17) is 4.74 Å². The number of hydrogen-bond donors (Lipinski definition) is 1. The maximum atomic E-state index is 13.2. The molecule has 1 aliphatic rings. The molecule has 130 valence electrons. The van der Waals surface area contributed by atoms with Crippen LogP contribution < -0.4 is 10.1 Å². The number of para-hydroxylation sites is 2. The lowest BCUT2D eigenvalue weighted by Crippen LogP contribution is -2.60. The van der Waals surface area contributed by atoms with E-state index in [2.05, 4.69) is 5.32 Å². The van der Waals surface area contributed by atoms with Gasteiger partial charge in [-0.05, 0) is 38.5 Å². The molecule has 5 heteroatoms. The molecule has 0 aliphatic carbocycles. The first-order valence-corrected chi connectivity index (χ1v) is 8.36. The van der Waals surface area contributed by atoms with E-state index in [0.717, 1.165) is 5.56 Å². The van der Waals surface area contributed by atoms with Crippen LogP contribution in [0.3, 0.4) is 0 Å². The van der Waals surface area contributed by atoms with Crippen molar-refractivity contribution in [2.45, 2.75) is 39.0 Å². The molecule has 25 heavy (non-hydrogen) atoms. The molecule has 0 spiro atoms. The van der Waals surface area contributed by atoms with Gasteiger partial charge in [0, 0.05) is 12.6 Å². The van der Waals surface area contributed by atoms with Crippen LogP contribution in [0.1, 0.15) is 26.3 Å². The minimum Gasteiger partial charge on any atom is -0.466 e. The smallest absolute Gasteiger partial charge is 0.278 e. The van der Waals surface area contributed by atoms with Crippen LogP contribution in [-0.2, 0) is 16.1 Å². The standard InChI is InChI=1S/C20H22N2O3/c1-14(2)22(13-15-9-5-4-6-10-15)19(24)20(3)18(23)21-16-11-7-8-12-17(16)25-20/h4-12,14H,13H2,1-3H3,(H,21,23). The van der Waals surface area contributed by atoms with Gasteiger partial charge in [-0.15, -0.1) is 0 Å². The summed E-state index contributed by atoms with van der Waals surface area (Å²) in [6, 6.07) is 16.8. The molecule has 3 rings (SSSR count). The Kier molecular flexibility index (Phi) is 4.49. The fourth-order valence-electron chi connectivity index (χ4n) is 2.85. The normalized spacial score (nSPS) is 19.0. The zero-order valence-corrected chi connectivity index (χ0v) is 14.7. The second-order valence-electron chi connectivity index (χ2n) is 6.60. The molecule has 1 atom stereocenters. The van der Waals surface area contributed by atoms with Crippen molar-refractivity contribution in [3.63, 3.8) is 0 Å². The van der Waals surface area contributed by atoms with Gasteiger partial charge in [-0.25, -0.2) is 0 Å². The van der Waals surface area contributed by atoms with Gasteiger partial charge in [0.05, 0.1) is 5.69 Å². The third kappa shape index (κ3) is 3.22. The SMILES string of the molecule is CC(C)N(Cc1ccccc1)C(=O)C1(C)Oc2ccccc2NC1=O. The maximum absolute atomic E-state index is 13.2. The molecule has 1 aliphatic heterocycles. The number of carbonyl (C=O) groups excluding carboxylic acids is 2.